The fraction of sp³-hybridized carbons (Fsp3) is 0.346. The number of methoxy groups -OCH3 is 2. The van der Waals surface area contributed by atoms with Gasteiger partial charge in [0.05, 0.1) is 38.4 Å². The topological polar surface area (TPSA) is 217 Å². The smallest absolute Gasteiger partial charge is 0.349 e. The van der Waals surface area contributed by atoms with Crippen molar-refractivity contribution in [2.45, 2.75) is 38.7 Å². The zero-order valence-electron chi connectivity index (χ0n) is 22.2. The number of benzene rings is 2. The van der Waals surface area contributed by atoms with E-state index in [0.29, 0.717) is 22.5 Å². The normalized spacial score (nSPS) is 13.3. The summed E-state index contributed by atoms with van der Waals surface area (Å²) in [4.78, 5) is 44.8. The highest BCUT2D eigenvalue weighted by atomic mass is 16.5. The van der Waals surface area contributed by atoms with Crippen LogP contribution in [0, 0.1) is 13.8 Å². The van der Waals surface area contributed by atoms with E-state index in [1.54, 1.807) is 30.3 Å². The average Bonchev–Trinajstić information content (AvgIpc) is 2.93. The van der Waals surface area contributed by atoms with E-state index >= 15 is 0 Å². The lowest BCUT2D eigenvalue weighted by atomic mass is 10.1. The molecule has 0 spiro atoms. The first-order valence-electron chi connectivity index (χ1n) is 11.9. The molecule has 0 amide bonds. The minimum atomic E-state index is -1.64. The van der Waals surface area contributed by atoms with Gasteiger partial charge in [0, 0.05) is 0 Å². The van der Waals surface area contributed by atoms with Gasteiger partial charge < -0.3 is 39.6 Å². The lowest BCUT2D eigenvalue weighted by Gasteiger charge is -2.25. The molecule has 2 aliphatic rings. The molecule has 14 heteroatoms. The number of fused-ring (bicyclic) bond motifs is 2. The number of hydrogen-bond donors (Lipinski definition) is 6. The molecule has 0 aliphatic carbocycles. The van der Waals surface area contributed by atoms with Crippen molar-refractivity contribution in [3.05, 3.63) is 67.9 Å². The van der Waals surface area contributed by atoms with E-state index in [1.165, 1.54) is 18.8 Å². The lowest BCUT2D eigenvalue weighted by Crippen LogP contribution is -2.42. The number of carbonyl (C=O) groups is 1. The molecule has 0 radical (unpaired) electrons. The number of aromatic nitrogens is 4. The van der Waals surface area contributed by atoms with Crippen molar-refractivity contribution in [1.82, 2.24) is 19.5 Å². The molecule has 3 atom stereocenters. The molecule has 0 fully saturated rings. The Labute approximate surface area is 227 Å². The van der Waals surface area contributed by atoms with Gasteiger partial charge in [-0.05, 0) is 49.2 Å². The van der Waals surface area contributed by atoms with Gasteiger partial charge in [-0.15, -0.1) is 0 Å². The molecular formula is C26H30N4O10. The molecule has 2 aliphatic heterocycles. The number of aryl methyl sites for hydroxylation is 2. The second-order valence-electron chi connectivity index (χ2n) is 8.84. The summed E-state index contributed by atoms with van der Waals surface area (Å²) in [6, 6.07) is 8.35. The third-order valence-electron chi connectivity index (χ3n) is 6.21. The largest absolute Gasteiger partial charge is 0.496 e. The van der Waals surface area contributed by atoms with Gasteiger partial charge in [-0.2, -0.15) is 4.98 Å². The molecule has 0 saturated carbocycles. The Hall–Kier alpha value is -4.37. The highest BCUT2D eigenvalue weighted by Gasteiger charge is 2.27. The van der Waals surface area contributed by atoms with Crippen LogP contribution in [0.25, 0.3) is 22.6 Å². The van der Waals surface area contributed by atoms with Crippen molar-refractivity contribution in [2.75, 3.05) is 20.8 Å². The van der Waals surface area contributed by atoms with E-state index in [2.05, 4.69) is 15.0 Å². The Morgan fingerprint density at radius 3 is 2.15 bits per heavy atom. The van der Waals surface area contributed by atoms with Crippen LogP contribution in [0.5, 0.6) is 11.5 Å². The number of H-pyrrole nitrogens is 1. The molecule has 2 aromatic rings. The monoisotopic (exact) mass is 558 g/mol. The molecule has 2 aromatic carbocycles. The molecule has 4 rings (SSSR count). The van der Waals surface area contributed by atoms with E-state index in [4.69, 9.17) is 19.7 Å². The number of aromatic amines is 1. The molecule has 0 saturated heterocycles. The van der Waals surface area contributed by atoms with E-state index in [0.717, 1.165) is 11.1 Å². The molecular weight excluding hydrogens is 528 g/mol. The second-order valence-corrected chi connectivity index (χ2v) is 8.84. The lowest BCUT2D eigenvalue weighted by molar-refractivity contribution is -0.0802. The molecule has 2 heterocycles. The van der Waals surface area contributed by atoms with Crippen molar-refractivity contribution < 1.29 is 39.8 Å². The predicted octanol–water partition coefficient (Wildman–Crippen LogP) is -0.322. The third kappa shape index (κ3) is 6.26. The fourth-order valence-electron chi connectivity index (χ4n) is 3.96. The quantitative estimate of drug-likeness (QED) is 0.153. The van der Waals surface area contributed by atoms with Crippen LogP contribution in [0.2, 0.25) is 0 Å². The maximum atomic E-state index is 12.2. The van der Waals surface area contributed by atoms with Gasteiger partial charge in [-0.1, -0.05) is 6.07 Å². The van der Waals surface area contributed by atoms with E-state index in [-0.39, 0.29) is 23.6 Å². The standard InChI is InChI=1S/C17H20N4O6.C9H10O4/c1-7-3-9-10(4-8(7)2)21(5-11(23)14(25)12(24)6-22)15-13(18-9)16(26)20-17(27)19-15;1-12-6-4-3-5-7(13-2)8(6)9(10)11/h3-4,11-12,14,22-25H,5-6H2,1-2H3,(H,20,26,27);3-5H,1-2H3,(H,10,11)/t11-,12+,14-;/m0./s1. The average molecular weight is 559 g/mol. The van der Waals surface area contributed by atoms with Crippen LogP contribution in [0.15, 0.2) is 39.9 Å². The van der Waals surface area contributed by atoms with Crippen molar-refractivity contribution in [1.29, 1.82) is 0 Å². The van der Waals surface area contributed by atoms with Crippen LogP contribution in [0.3, 0.4) is 0 Å². The van der Waals surface area contributed by atoms with Gasteiger partial charge in [-0.3, -0.25) is 9.78 Å². The summed E-state index contributed by atoms with van der Waals surface area (Å²) in [5.41, 5.74) is 1.16. The van der Waals surface area contributed by atoms with E-state index in [9.17, 15) is 29.7 Å². The Balaban J connectivity index is 0.000000285. The van der Waals surface area contributed by atoms with Crippen LogP contribution < -0.4 is 20.7 Å². The maximum absolute atomic E-state index is 12.2. The van der Waals surface area contributed by atoms with Crippen molar-refractivity contribution >= 4 is 17.0 Å². The number of nitrogens with one attached hydrogen (secondary N) is 1. The summed E-state index contributed by atoms with van der Waals surface area (Å²) in [6.07, 6.45) is -4.68. The Kier molecular flexibility index (Phi) is 9.55. The van der Waals surface area contributed by atoms with Gasteiger partial charge in [0.2, 0.25) is 0 Å². The summed E-state index contributed by atoms with van der Waals surface area (Å²) in [7, 11) is 2.84. The fourth-order valence-corrected chi connectivity index (χ4v) is 3.96. The number of rotatable bonds is 8. The first kappa shape index (κ1) is 30.2. The van der Waals surface area contributed by atoms with Crippen LogP contribution in [0.4, 0.5) is 0 Å². The van der Waals surface area contributed by atoms with Crippen LogP contribution in [0.1, 0.15) is 21.5 Å². The van der Waals surface area contributed by atoms with Crippen molar-refractivity contribution in [2.24, 2.45) is 0 Å². The Bertz CT molecular complexity index is 1580. The number of aliphatic hydroxyl groups is 4. The summed E-state index contributed by atoms with van der Waals surface area (Å²) in [5.74, 6) is -0.516. The summed E-state index contributed by atoms with van der Waals surface area (Å²) in [5, 5.41) is 47.6. The molecule has 214 valence electrons. The predicted molar refractivity (Wildman–Crippen MR) is 142 cm³/mol. The zero-order valence-corrected chi connectivity index (χ0v) is 22.2. The highest BCUT2D eigenvalue weighted by Crippen LogP contribution is 2.28. The van der Waals surface area contributed by atoms with Crippen LogP contribution in [-0.4, -0.2) is 90.2 Å². The van der Waals surface area contributed by atoms with Gasteiger partial charge in [0.15, 0.2) is 11.5 Å². The highest BCUT2D eigenvalue weighted by molar-refractivity contribution is 5.94. The van der Waals surface area contributed by atoms with Gasteiger partial charge in [0.25, 0.3) is 5.56 Å². The SMILES string of the molecule is COc1cccc(OC)c1C(=O)O.Cc1cc2nc3c(=O)[nH]c(=O)nc-3n(C[C@H](O)[C@H](O)[C@H](O)CO)c2cc1C. The Morgan fingerprint density at radius 2 is 1.60 bits per heavy atom. The summed E-state index contributed by atoms with van der Waals surface area (Å²) < 4.78 is 11.2. The Morgan fingerprint density at radius 1 is 1.00 bits per heavy atom. The number of ether oxygens (including phenoxy) is 2. The number of carboxylic acid groups (broad SMARTS) is 1. The second kappa shape index (κ2) is 12.7. The summed E-state index contributed by atoms with van der Waals surface area (Å²) >= 11 is 0. The first-order chi connectivity index (χ1) is 18.9. The molecule has 0 aromatic heterocycles. The molecule has 40 heavy (non-hydrogen) atoms. The molecule has 0 bridgehead atoms. The number of carboxylic acids is 1. The van der Waals surface area contributed by atoms with Crippen molar-refractivity contribution in [3.8, 4) is 23.0 Å². The number of nitrogens with zero attached hydrogens (tertiary/aromatic N) is 3. The van der Waals surface area contributed by atoms with Gasteiger partial charge in [0.1, 0.15) is 35.4 Å². The first-order valence-corrected chi connectivity index (χ1v) is 11.9. The van der Waals surface area contributed by atoms with Crippen LogP contribution in [-0.2, 0) is 6.54 Å². The number of hydrogen-bond acceptors (Lipinski definition) is 11. The van der Waals surface area contributed by atoms with E-state index in [1.807, 2.05) is 13.8 Å². The van der Waals surface area contributed by atoms with E-state index < -0.39 is 42.1 Å². The molecule has 0 unspecified atom stereocenters. The minimum Gasteiger partial charge on any atom is -0.496 e. The van der Waals surface area contributed by atoms with Gasteiger partial charge >= 0.3 is 11.7 Å². The third-order valence-corrected chi connectivity index (χ3v) is 6.21. The van der Waals surface area contributed by atoms with Crippen molar-refractivity contribution in [3.63, 3.8) is 0 Å². The molecule has 14 nitrogen and oxygen atoms in total. The van der Waals surface area contributed by atoms with Crippen LogP contribution >= 0.6 is 0 Å². The zero-order chi connectivity index (χ0) is 29.7. The number of aromatic carboxylic acids is 1. The maximum Gasteiger partial charge on any atom is 0.349 e. The van der Waals surface area contributed by atoms with Gasteiger partial charge in [-0.25, -0.2) is 14.6 Å². The summed E-state index contributed by atoms with van der Waals surface area (Å²) in [6.45, 7) is 2.73. The minimum absolute atomic E-state index is 0.0486. The molecule has 6 N–H and O–H groups in total. The number of aliphatic hydroxyl groups excluding tert-OH is 4.